The molecule has 1 heterocycles. The molecule has 0 fully saturated rings. The second-order valence-electron chi connectivity index (χ2n) is 4.78. The van der Waals surface area contributed by atoms with E-state index in [0.29, 0.717) is 0 Å². The molecule has 0 amide bonds. The Bertz CT molecular complexity index is 790. The second kappa shape index (κ2) is 5.73. The monoisotopic (exact) mass is 294 g/mol. The van der Waals surface area contributed by atoms with Crippen LogP contribution in [-0.4, -0.2) is 28.4 Å². The minimum atomic E-state index is -0.938. The number of hydrogen-bond acceptors (Lipinski definition) is 3. The van der Waals surface area contributed by atoms with Gasteiger partial charge in [-0.2, -0.15) is 5.10 Å². The molecule has 22 heavy (non-hydrogen) atoms. The van der Waals surface area contributed by atoms with Crippen LogP contribution in [-0.2, 0) is 0 Å². The Balaban J connectivity index is 1.87. The van der Waals surface area contributed by atoms with Gasteiger partial charge in [-0.1, -0.05) is 12.1 Å². The highest BCUT2D eigenvalue weighted by Gasteiger charge is 2.08. The Kier molecular flexibility index (Phi) is 3.62. The van der Waals surface area contributed by atoms with Gasteiger partial charge in [-0.15, -0.1) is 0 Å². The van der Waals surface area contributed by atoms with E-state index < -0.39 is 5.97 Å². The van der Waals surface area contributed by atoms with Crippen molar-refractivity contribution < 1.29 is 14.6 Å². The number of aromatic nitrogens is 2. The fourth-order valence-corrected chi connectivity index (χ4v) is 2.17. The summed E-state index contributed by atoms with van der Waals surface area (Å²) in [5, 5.41) is 16.2. The molecule has 0 unspecified atom stereocenters. The van der Waals surface area contributed by atoms with Crippen LogP contribution >= 0.6 is 0 Å². The van der Waals surface area contributed by atoms with Gasteiger partial charge in [0, 0.05) is 5.56 Å². The quantitative estimate of drug-likeness (QED) is 0.772. The maximum atomic E-state index is 10.9. The number of methoxy groups -OCH3 is 1. The van der Waals surface area contributed by atoms with E-state index in [1.54, 1.807) is 31.4 Å². The Labute approximate surface area is 127 Å². The number of rotatable bonds is 4. The summed E-state index contributed by atoms with van der Waals surface area (Å²) in [5.41, 5.74) is 3.78. The smallest absolute Gasteiger partial charge is 0.335 e. The van der Waals surface area contributed by atoms with Gasteiger partial charge in [0.1, 0.15) is 5.75 Å². The van der Waals surface area contributed by atoms with E-state index in [1.165, 1.54) is 0 Å². The summed E-state index contributed by atoms with van der Waals surface area (Å²) in [6.45, 7) is 0. The van der Waals surface area contributed by atoms with Crippen LogP contribution in [0.5, 0.6) is 5.75 Å². The van der Waals surface area contributed by atoms with E-state index in [9.17, 15) is 4.79 Å². The zero-order valence-corrected chi connectivity index (χ0v) is 11.9. The lowest BCUT2D eigenvalue weighted by Crippen LogP contribution is -1.94. The lowest BCUT2D eigenvalue weighted by atomic mass is 10.1. The number of hydrogen-bond donors (Lipinski definition) is 2. The zero-order chi connectivity index (χ0) is 15.5. The number of nitrogens with zero attached hydrogens (tertiary/aromatic N) is 1. The van der Waals surface area contributed by atoms with Crippen molar-refractivity contribution in [3.63, 3.8) is 0 Å². The second-order valence-corrected chi connectivity index (χ2v) is 4.78. The highest BCUT2D eigenvalue weighted by atomic mass is 16.5. The molecule has 0 spiro atoms. The highest BCUT2D eigenvalue weighted by molar-refractivity contribution is 5.88. The summed E-state index contributed by atoms with van der Waals surface area (Å²) in [5.74, 6) is -0.139. The molecule has 0 aliphatic heterocycles. The number of carboxylic acid groups (broad SMARTS) is 1. The van der Waals surface area contributed by atoms with Crippen LogP contribution in [0.25, 0.3) is 22.5 Å². The number of aromatic carboxylic acids is 1. The number of H-pyrrole nitrogens is 1. The van der Waals surface area contributed by atoms with Crippen LogP contribution in [0.15, 0.2) is 54.6 Å². The fraction of sp³-hybridized carbons (Fsp3) is 0.0588. The average Bonchev–Trinajstić information content (AvgIpc) is 3.05. The lowest BCUT2D eigenvalue weighted by molar-refractivity contribution is 0.0697. The first-order chi connectivity index (χ1) is 10.7. The minimum Gasteiger partial charge on any atom is -0.497 e. The summed E-state index contributed by atoms with van der Waals surface area (Å²) in [6.07, 6.45) is 0. The summed E-state index contributed by atoms with van der Waals surface area (Å²) in [7, 11) is 1.63. The van der Waals surface area contributed by atoms with Crippen molar-refractivity contribution in [2.24, 2.45) is 0 Å². The van der Waals surface area contributed by atoms with Crippen molar-refractivity contribution in [1.29, 1.82) is 0 Å². The molecule has 0 atom stereocenters. The number of aromatic amines is 1. The predicted octanol–water partition coefficient (Wildman–Crippen LogP) is 3.45. The van der Waals surface area contributed by atoms with Gasteiger partial charge in [-0.05, 0) is 48.0 Å². The van der Waals surface area contributed by atoms with Crippen LogP contribution in [0, 0.1) is 0 Å². The molecule has 1 aromatic heterocycles. The number of ether oxygens (including phenoxy) is 1. The SMILES string of the molecule is COc1ccc(-c2cc(-c3ccc(C(=O)O)cc3)n[nH]2)cc1. The lowest BCUT2D eigenvalue weighted by Gasteiger charge is -2.00. The van der Waals surface area contributed by atoms with Gasteiger partial charge in [0.05, 0.1) is 24.1 Å². The van der Waals surface area contributed by atoms with Gasteiger partial charge in [-0.25, -0.2) is 4.79 Å². The number of nitrogens with one attached hydrogen (secondary N) is 1. The summed E-state index contributed by atoms with van der Waals surface area (Å²) in [6, 6.07) is 16.2. The summed E-state index contributed by atoms with van der Waals surface area (Å²) < 4.78 is 5.14. The Morgan fingerprint density at radius 2 is 1.68 bits per heavy atom. The van der Waals surface area contributed by atoms with Gasteiger partial charge < -0.3 is 9.84 Å². The Morgan fingerprint density at radius 3 is 2.27 bits per heavy atom. The first-order valence-electron chi connectivity index (χ1n) is 6.71. The topological polar surface area (TPSA) is 75.2 Å². The molecule has 0 saturated heterocycles. The van der Waals surface area contributed by atoms with E-state index in [2.05, 4.69) is 10.2 Å². The standard InChI is InChI=1S/C17H14N2O3/c1-22-14-8-6-12(7-9-14)16-10-15(18-19-16)11-2-4-13(5-3-11)17(20)21/h2-10H,1H3,(H,18,19)(H,20,21). The number of carbonyl (C=O) groups is 1. The molecule has 110 valence electrons. The molecular weight excluding hydrogens is 280 g/mol. The van der Waals surface area contributed by atoms with Crippen LogP contribution < -0.4 is 4.74 Å². The molecule has 0 bridgehead atoms. The zero-order valence-electron chi connectivity index (χ0n) is 11.9. The third-order valence-corrected chi connectivity index (χ3v) is 3.41. The maximum absolute atomic E-state index is 10.9. The van der Waals surface area contributed by atoms with E-state index >= 15 is 0 Å². The molecule has 2 aromatic carbocycles. The molecule has 2 N–H and O–H groups in total. The van der Waals surface area contributed by atoms with Crippen molar-refractivity contribution >= 4 is 5.97 Å². The first kappa shape index (κ1) is 13.9. The van der Waals surface area contributed by atoms with Crippen LogP contribution in [0.3, 0.4) is 0 Å². The molecule has 3 rings (SSSR count). The van der Waals surface area contributed by atoms with Crippen molar-refractivity contribution in [2.75, 3.05) is 7.11 Å². The van der Waals surface area contributed by atoms with Gasteiger partial charge >= 0.3 is 5.97 Å². The van der Waals surface area contributed by atoms with Crippen molar-refractivity contribution in [1.82, 2.24) is 10.2 Å². The van der Waals surface area contributed by atoms with Crippen molar-refractivity contribution in [3.05, 3.63) is 60.2 Å². The van der Waals surface area contributed by atoms with E-state index in [0.717, 1.165) is 28.3 Å². The average molecular weight is 294 g/mol. The molecule has 0 aliphatic carbocycles. The van der Waals surface area contributed by atoms with Crippen molar-refractivity contribution in [3.8, 4) is 28.3 Å². The van der Waals surface area contributed by atoms with Crippen LogP contribution in [0.1, 0.15) is 10.4 Å². The van der Waals surface area contributed by atoms with E-state index in [-0.39, 0.29) is 5.56 Å². The molecule has 5 nitrogen and oxygen atoms in total. The third kappa shape index (κ3) is 2.69. The molecule has 3 aromatic rings. The predicted molar refractivity (Wildman–Crippen MR) is 83.0 cm³/mol. The first-order valence-corrected chi connectivity index (χ1v) is 6.71. The molecular formula is C17H14N2O3. The van der Waals surface area contributed by atoms with E-state index in [1.807, 2.05) is 30.3 Å². The Hall–Kier alpha value is -3.08. The molecule has 0 radical (unpaired) electrons. The number of benzene rings is 2. The summed E-state index contributed by atoms with van der Waals surface area (Å²) in [4.78, 5) is 10.9. The summed E-state index contributed by atoms with van der Waals surface area (Å²) >= 11 is 0. The van der Waals surface area contributed by atoms with E-state index in [4.69, 9.17) is 9.84 Å². The van der Waals surface area contributed by atoms with Crippen molar-refractivity contribution in [2.45, 2.75) is 0 Å². The Morgan fingerprint density at radius 1 is 1.05 bits per heavy atom. The highest BCUT2D eigenvalue weighted by Crippen LogP contribution is 2.25. The van der Waals surface area contributed by atoms with Gasteiger partial charge in [-0.3, -0.25) is 5.10 Å². The van der Waals surface area contributed by atoms with Gasteiger partial charge in [0.2, 0.25) is 0 Å². The van der Waals surface area contributed by atoms with Gasteiger partial charge in [0.25, 0.3) is 0 Å². The third-order valence-electron chi connectivity index (χ3n) is 3.41. The normalized spacial score (nSPS) is 10.4. The van der Waals surface area contributed by atoms with Crippen LogP contribution in [0.4, 0.5) is 0 Å². The minimum absolute atomic E-state index is 0.259. The van der Waals surface area contributed by atoms with Gasteiger partial charge in [0.15, 0.2) is 0 Å². The van der Waals surface area contributed by atoms with Crippen LogP contribution in [0.2, 0.25) is 0 Å². The molecule has 0 saturated carbocycles. The fourth-order valence-electron chi connectivity index (χ4n) is 2.17. The molecule has 0 aliphatic rings. The number of carboxylic acids is 1. The maximum Gasteiger partial charge on any atom is 0.335 e. The molecule has 5 heteroatoms. The largest absolute Gasteiger partial charge is 0.497 e.